The first kappa shape index (κ1) is 22.2. The molecule has 0 unspecified atom stereocenters. The van der Waals surface area contributed by atoms with Crippen molar-refractivity contribution in [2.45, 2.75) is 44.4 Å². The summed E-state index contributed by atoms with van der Waals surface area (Å²) in [5.74, 6) is -1.68. The standard InChI is InChI=1S/C22H21ClF3NO3/c23-16-11-12-18(17(13-16)22(24,25)26)27-20(28)19(14-7-3-1-4-8-14)30-21(29)15-9-5-2-6-10-15/h1,3-4,7-8,11-13,15,19H,2,5-6,9-10H2,(H,27,28)/t19-/m1/s1. The molecule has 0 heterocycles. The molecule has 8 heteroatoms. The van der Waals surface area contributed by atoms with Gasteiger partial charge < -0.3 is 10.1 Å². The van der Waals surface area contributed by atoms with E-state index in [2.05, 4.69) is 5.32 Å². The van der Waals surface area contributed by atoms with E-state index in [1.54, 1.807) is 30.3 Å². The molecule has 1 amide bonds. The lowest BCUT2D eigenvalue weighted by atomic mass is 9.89. The summed E-state index contributed by atoms with van der Waals surface area (Å²) in [6.45, 7) is 0. The summed E-state index contributed by atoms with van der Waals surface area (Å²) < 4.78 is 45.6. The fourth-order valence-electron chi connectivity index (χ4n) is 3.51. The average Bonchev–Trinajstić information content (AvgIpc) is 2.73. The lowest BCUT2D eigenvalue weighted by Crippen LogP contribution is -2.30. The summed E-state index contributed by atoms with van der Waals surface area (Å²) in [5.41, 5.74) is -1.15. The number of carbonyl (C=O) groups excluding carboxylic acids is 2. The molecule has 0 bridgehead atoms. The zero-order valence-corrected chi connectivity index (χ0v) is 16.8. The molecule has 1 aliphatic rings. The van der Waals surface area contributed by atoms with Crippen LogP contribution < -0.4 is 5.32 Å². The molecule has 1 saturated carbocycles. The molecule has 0 aliphatic heterocycles. The minimum atomic E-state index is -4.71. The first-order valence-electron chi connectivity index (χ1n) is 9.69. The number of hydrogen-bond acceptors (Lipinski definition) is 3. The first-order valence-corrected chi connectivity index (χ1v) is 10.1. The van der Waals surface area contributed by atoms with Gasteiger partial charge in [-0.05, 0) is 31.0 Å². The van der Waals surface area contributed by atoms with E-state index >= 15 is 0 Å². The predicted molar refractivity (Wildman–Crippen MR) is 107 cm³/mol. The predicted octanol–water partition coefficient (Wildman–Crippen LogP) is 6.16. The van der Waals surface area contributed by atoms with Gasteiger partial charge in [0.05, 0.1) is 17.2 Å². The second kappa shape index (κ2) is 9.51. The van der Waals surface area contributed by atoms with Crippen molar-refractivity contribution >= 4 is 29.2 Å². The molecule has 160 valence electrons. The maximum Gasteiger partial charge on any atom is 0.418 e. The van der Waals surface area contributed by atoms with Gasteiger partial charge in [0.1, 0.15) is 0 Å². The van der Waals surface area contributed by atoms with E-state index in [1.807, 2.05) is 0 Å². The molecule has 1 N–H and O–H groups in total. The zero-order chi connectivity index (χ0) is 21.7. The van der Waals surface area contributed by atoms with E-state index < -0.39 is 35.4 Å². The third kappa shape index (κ3) is 5.53. The molecule has 2 aromatic carbocycles. The third-order valence-corrected chi connectivity index (χ3v) is 5.29. The molecule has 4 nitrogen and oxygen atoms in total. The van der Waals surface area contributed by atoms with E-state index in [1.165, 1.54) is 6.07 Å². The lowest BCUT2D eigenvalue weighted by Gasteiger charge is -2.24. The van der Waals surface area contributed by atoms with Crippen molar-refractivity contribution in [1.82, 2.24) is 0 Å². The highest BCUT2D eigenvalue weighted by Gasteiger charge is 2.36. The summed E-state index contributed by atoms with van der Waals surface area (Å²) in [6, 6.07) is 11.3. The van der Waals surface area contributed by atoms with Crippen molar-refractivity contribution in [3.8, 4) is 0 Å². The summed E-state index contributed by atoms with van der Waals surface area (Å²) in [4.78, 5) is 25.5. The quantitative estimate of drug-likeness (QED) is 0.567. The number of amides is 1. The van der Waals surface area contributed by atoms with Crippen LogP contribution in [0.3, 0.4) is 0 Å². The number of hydrogen-bond donors (Lipinski definition) is 1. The van der Waals surface area contributed by atoms with Crippen LogP contribution in [0, 0.1) is 5.92 Å². The fourth-order valence-corrected chi connectivity index (χ4v) is 3.68. The van der Waals surface area contributed by atoms with E-state index in [9.17, 15) is 22.8 Å². The Balaban J connectivity index is 1.85. The molecule has 3 rings (SSSR count). The molecule has 0 radical (unpaired) electrons. The number of benzene rings is 2. The third-order valence-electron chi connectivity index (χ3n) is 5.06. The molecule has 1 aliphatic carbocycles. The van der Waals surface area contributed by atoms with Crippen molar-refractivity contribution in [2.24, 2.45) is 5.92 Å². The first-order chi connectivity index (χ1) is 14.3. The van der Waals surface area contributed by atoms with Gasteiger partial charge in [-0.2, -0.15) is 13.2 Å². The second-order valence-electron chi connectivity index (χ2n) is 7.24. The number of alkyl halides is 3. The summed E-state index contributed by atoms with van der Waals surface area (Å²) in [5, 5.41) is 2.15. The number of carbonyl (C=O) groups is 2. The molecule has 0 aromatic heterocycles. The Morgan fingerprint density at radius 3 is 2.33 bits per heavy atom. The molecule has 1 atom stereocenters. The molecule has 2 aromatic rings. The summed E-state index contributed by atoms with van der Waals surface area (Å²) in [7, 11) is 0. The SMILES string of the molecule is O=C(O[C@@H](C(=O)Nc1ccc(Cl)cc1C(F)(F)F)c1ccccc1)C1CCCCC1. The van der Waals surface area contributed by atoms with Crippen molar-refractivity contribution in [2.75, 3.05) is 5.32 Å². The van der Waals surface area contributed by atoms with Gasteiger partial charge in [0.25, 0.3) is 5.91 Å². The van der Waals surface area contributed by atoms with Crippen LogP contribution in [0.5, 0.6) is 0 Å². The van der Waals surface area contributed by atoms with Crippen LogP contribution in [0.4, 0.5) is 18.9 Å². The minimum Gasteiger partial charge on any atom is -0.447 e. The molecular weight excluding hydrogens is 419 g/mol. The largest absolute Gasteiger partial charge is 0.447 e. The van der Waals surface area contributed by atoms with Crippen LogP contribution >= 0.6 is 11.6 Å². The Hall–Kier alpha value is -2.54. The van der Waals surface area contributed by atoms with Gasteiger partial charge in [0.2, 0.25) is 6.10 Å². The summed E-state index contributed by atoms with van der Waals surface area (Å²) in [6.07, 6.45) is -1.87. The zero-order valence-electron chi connectivity index (χ0n) is 16.0. The van der Waals surface area contributed by atoms with Gasteiger partial charge in [-0.3, -0.25) is 9.59 Å². The van der Waals surface area contributed by atoms with Crippen molar-refractivity contribution in [1.29, 1.82) is 0 Å². The molecule has 0 saturated heterocycles. The number of halogens is 4. The van der Waals surface area contributed by atoms with E-state index in [0.29, 0.717) is 18.4 Å². The lowest BCUT2D eigenvalue weighted by molar-refractivity contribution is -0.160. The Kier molecular flexibility index (Phi) is 7.02. The molecule has 0 spiro atoms. The van der Waals surface area contributed by atoms with Crippen LogP contribution in [-0.2, 0) is 20.5 Å². The van der Waals surface area contributed by atoms with Crippen LogP contribution in [0.2, 0.25) is 5.02 Å². The van der Waals surface area contributed by atoms with Gasteiger partial charge in [-0.1, -0.05) is 61.2 Å². The fraction of sp³-hybridized carbons (Fsp3) is 0.364. The van der Waals surface area contributed by atoms with Crippen molar-refractivity contribution in [3.63, 3.8) is 0 Å². The topological polar surface area (TPSA) is 55.4 Å². The smallest absolute Gasteiger partial charge is 0.418 e. The monoisotopic (exact) mass is 439 g/mol. The number of nitrogens with one attached hydrogen (secondary N) is 1. The molecular formula is C22H21ClF3NO3. The highest BCUT2D eigenvalue weighted by molar-refractivity contribution is 6.30. The number of ether oxygens (including phenoxy) is 1. The normalized spacial score (nSPS) is 16.0. The minimum absolute atomic E-state index is 0.108. The highest BCUT2D eigenvalue weighted by atomic mass is 35.5. The molecule has 1 fully saturated rings. The number of anilines is 1. The van der Waals surface area contributed by atoms with Crippen LogP contribution in [-0.4, -0.2) is 11.9 Å². The van der Waals surface area contributed by atoms with Gasteiger partial charge in [-0.25, -0.2) is 0 Å². The number of esters is 1. The maximum atomic E-state index is 13.4. The van der Waals surface area contributed by atoms with Crippen LogP contribution in [0.15, 0.2) is 48.5 Å². The van der Waals surface area contributed by atoms with Crippen LogP contribution in [0.25, 0.3) is 0 Å². The van der Waals surface area contributed by atoms with Crippen molar-refractivity contribution in [3.05, 3.63) is 64.7 Å². The van der Waals surface area contributed by atoms with Gasteiger partial charge in [0, 0.05) is 10.6 Å². The average molecular weight is 440 g/mol. The highest BCUT2D eigenvalue weighted by Crippen LogP contribution is 2.37. The Bertz CT molecular complexity index is 896. The van der Waals surface area contributed by atoms with Crippen molar-refractivity contribution < 1.29 is 27.5 Å². The molecule has 30 heavy (non-hydrogen) atoms. The second-order valence-corrected chi connectivity index (χ2v) is 7.68. The van der Waals surface area contributed by atoms with Gasteiger partial charge in [0.15, 0.2) is 0 Å². The van der Waals surface area contributed by atoms with E-state index in [0.717, 1.165) is 31.4 Å². The van der Waals surface area contributed by atoms with Crippen LogP contribution in [0.1, 0.15) is 49.3 Å². The van der Waals surface area contributed by atoms with E-state index in [-0.39, 0.29) is 10.9 Å². The Morgan fingerprint density at radius 1 is 1.03 bits per heavy atom. The number of rotatable bonds is 5. The summed E-state index contributed by atoms with van der Waals surface area (Å²) >= 11 is 5.69. The van der Waals surface area contributed by atoms with Gasteiger partial charge >= 0.3 is 12.1 Å². The maximum absolute atomic E-state index is 13.4. The van der Waals surface area contributed by atoms with E-state index in [4.69, 9.17) is 16.3 Å². The Morgan fingerprint density at radius 2 is 1.70 bits per heavy atom. The Labute approximate surface area is 177 Å². The van der Waals surface area contributed by atoms with Gasteiger partial charge in [-0.15, -0.1) is 0 Å².